The molecule has 1 aromatic heterocycles. The summed E-state index contributed by atoms with van der Waals surface area (Å²) in [6, 6.07) is 18.5. The molecule has 0 saturated heterocycles. The van der Waals surface area contributed by atoms with Crippen molar-refractivity contribution < 1.29 is 9.53 Å². The number of carbonyl (C=O) groups excluding carboxylic acids is 1. The summed E-state index contributed by atoms with van der Waals surface area (Å²) in [7, 11) is 0. The van der Waals surface area contributed by atoms with Gasteiger partial charge < -0.3 is 9.30 Å². The summed E-state index contributed by atoms with van der Waals surface area (Å²) in [4.78, 5) is 25.2. The van der Waals surface area contributed by atoms with Crippen LogP contribution in [0.2, 0.25) is 0 Å². The Labute approximate surface area is 169 Å². The third-order valence-electron chi connectivity index (χ3n) is 4.29. The molecule has 0 bridgehead atoms. The van der Waals surface area contributed by atoms with E-state index in [0.717, 1.165) is 16.7 Å². The summed E-state index contributed by atoms with van der Waals surface area (Å²) in [6.45, 7) is 4.82. The molecule has 2 aromatic carbocycles. The van der Waals surface area contributed by atoms with Crippen molar-refractivity contribution >= 4 is 12.1 Å². The molecule has 0 fully saturated rings. The van der Waals surface area contributed by atoms with Gasteiger partial charge in [-0.3, -0.25) is 9.59 Å². The smallest absolute Gasteiger partial charge is 0.276 e. The summed E-state index contributed by atoms with van der Waals surface area (Å²) >= 11 is 0. The highest BCUT2D eigenvalue weighted by atomic mass is 16.5. The molecule has 0 aliphatic heterocycles. The molecule has 3 rings (SSSR count). The minimum atomic E-state index is -0.557. The number of aromatic nitrogens is 1. The lowest BCUT2D eigenvalue weighted by Crippen LogP contribution is -2.30. The van der Waals surface area contributed by atoms with Crippen LogP contribution in [0, 0.1) is 6.92 Å². The van der Waals surface area contributed by atoms with Crippen LogP contribution < -0.4 is 15.7 Å². The molecular formula is C23H23N3O3. The zero-order valence-electron chi connectivity index (χ0n) is 16.5. The van der Waals surface area contributed by atoms with E-state index in [-0.39, 0.29) is 11.1 Å². The molecule has 0 saturated carbocycles. The highest BCUT2D eigenvalue weighted by Gasteiger charge is 2.12. The van der Waals surface area contributed by atoms with Crippen molar-refractivity contribution in [3.63, 3.8) is 0 Å². The van der Waals surface area contributed by atoms with Gasteiger partial charge in [-0.15, -0.1) is 0 Å². The Bertz CT molecular complexity index is 1090. The second-order valence-electron chi connectivity index (χ2n) is 6.51. The molecule has 3 aromatic rings. The number of benzene rings is 2. The van der Waals surface area contributed by atoms with Crippen molar-refractivity contribution in [2.45, 2.75) is 20.4 Å². The van der Waals surface area contributed by atoms with Crippen molar-refractivity contribution in [3.05, 3.63) is 99.5 Å². The van der Waals surface area contributed by atoms with Gasteiger partial charge in [0.15, 0.2) is 0 Å². The van der Waals surface area contributed by atoms with Crippen molar-refractivity contribution in [3.8, 4) is 5.75 Å². The molecule has 1 amide bonds. The Morgan fingerprint density at radius 1 is 1.14 bits per heavy atom. The number of carbonyl (C=O) groups is 1. The van der Waals surface area contributed by atoms with Crippen LogP contribution in [0.1, 0.15) is 34.0 Å². The Morgan fingerprint density at radius 3 is 2.76 bits per heavy atom. The number of pyridine rings is 1. The molecule has 148 valence electrons. The van der Waals surface area contributed by atoms with Crippen LogP contribution in [-0.4, -0.2) is 23.3 Å². The second-order valence-corrected chi connectivity index (χ2v) is 6.51. The van der Waals surface area contributed by atoms with E-state index in [0.29, 0.717) is 18.9 Å². The summed E-state index contributed by atoms with van der Waals surface area (Å²) in [5.41, 5.74) is 4.94. The van der Waals surface area contributed by atoms with Crippen LogP contribution in [0.5, 0.6) is 5.75 Å². The van der Waals surface area contributed by atoms with Crippen molar-refractivity contribution in [1.29, 1.82) is 0 Å². The SMILES string of the molecule is CCOc1ccccc1/C=N\NC(=O)c1cccn(Cc2cccc(C)c2)c1=O. The molecule has 6 nitrogen and oxygen atoms in total. The lowest BCUT2D eigenvalue weighted by molar-refractivity contribution is 0.0953. The number of rotatable bonds is 7. The minimum absolute atomic E-state index is 0.0374. The first-order valence-electron chi connectivity index (χ1n) is 9.38. The van der Waals surface area contributed by atoms with Crippen LogP contribution in [0.15, 0.2) is 76.8 Å². The lowest BCUT2D eigenvalue weighted by atomic mass is 10.1. The number of hydrogen-bond acceptors (Lipinski definition) is 4. The average Bonchev–Trinajstić information content (AvgIpc) is 2.71. The Balaban J connectivity index is 1.74. The van der Waals surface area contributed by atoms with Gasteiger partial charge in [-0.25, -0.2) is 5.43 Å². The number of nitrogens with zero attached hydrogens (tertiary/aromatic N) is 2. The fraction of sp³-hybridized carbons (Fsp3) is 0.174. The molecule has 0 aliphatic rings. The molecule has 0 radical (unpaired) electrons. The van der Waals surface area contributed by atoms with Crippen LogP contribution in [0.4, 0.5) is 0 Å². The van der Waals surface area contributed by atoms with Crippen molar-refractivity contribution in [1.82, 2.24) is 9.99 Å². The maximum Gasteiger partial charge on any atom is 0.276 e. The van der Waals surface area contributed by atoms with Gasteiger partial charge >= 0.3 is 0 Å². The maximum atomic E-state index is 12.7. The Kier molecular flexibility index (Phi) is 6.58. The monoisotopic (exact) mass is 389 g/mol. The Hall–Kier alpha value is -3.67. The zero-order chi connectivity index (χ0) is 20.6. The molecule has 1 N–H and O–H groups in total. The predicted molar refractivity (Wildman–Crippen MR) is 114 cm³/mol. The fourth-order valence-electron chi connectivity index (χ4n) is 2.94. The molecule has 1 heterocycles. The highest BCUT2D eigenvalue weighted by Crippen LogP contribution is 2.15. The van der Waals surface area contributed by atoms with Gasteiger partial charge in [-0.2, -0.15) is 5.10 Å². The van der Waals surface area contributed by atoms with E-state index in [1.807, 2.05) is 62.4 Å². The summed E-state index contributed by atoms with van der Waals surface area (Å²) in [5.74, 6) is 0.118. The van der Waals surface area contributed by atoms with E-state index in [1.54, 1.807) is 12.3 Å². The molecule has 0 atom stereocenters. The first-order chi connectivity index (χ1) is 14.1. The summed E-state index contributed by atoms with van der Waals surface area (Å²) in [6.07, 6.45) is 3.17. The third kappa shape index (κ3) is 5.19. The van der Waals surface area contributed by atoms with E-state index < -0.39 is 5.91 Å². The predicted octanol–water partition coefficient (Wildman–Crippen LogP) is 3.37. The topological polar surface area (TPSA) is 72.7 Å². The number of amides is 1. The molecular weight excluding hydrogens is 366 g/mol. The maximum absolute atomic E-state index is 12.7. The first-order valence-corrected chi connectivity index (χ1v) is 9.38. The lowest BCUT2D eigenvalue weighted by Gasteiger charge is -2.08. The van der Waals surface area contributed by atoms with Gasteiger partial charge in [-0.05, 0) is 43.7 Å². The molecule has 6 heteroatoms. The van der Waals surface area contributed by atoms with E-state index >= 15 is 0 Å². The molecule has 29 heavy (non-hydrogen) atoms. The fourth-order valence-corrected chi connectivity index (χ4v) is 2.94. The van der Waals surface area contributed by atoms with Crippen molar-refractivity contribution in [2.75, 3.05) is 6.61 Å². The summed E-state index contributed by atoms with van der Waals surface area (Å²) in [5, 5.41) is 3.97. The number of para-hydroxylation sites is 1. The quantitative estimate of drug-likeness (QED) is 0.497. The number of hydrogen-bond donors (Lipinski definition) is 1. The van der Waals surface area contributed by atoms with Crippen LogP contribution in [0.25, 0.3) is 0 Å². The van der Waals surface area contributed by atoms with E-state index in [9.17, 15) is 9.59 Å². The van der Waals surface area contributed by atoms with E-state index in [2.05, 4.69) is 10.5 Å². The standard InChI is InChI=1S/C23H23N3O3/c1-3-29-21-12-5-4-10-19(21)15-24-25-22(27)20-11-7-13-26(23(20)28)16-18-9-6-8-17(2)14-18/h4-15H,3,16H2,1-2H3,(H,25,27)/b24-15-. The number of ether oxygens (including phenoxy) is 1. The number of hydrazone groups is 1. The molecule has 0 aliphatic carbocycles. The van der Waals surface area contributed by atoms with E-state index in [4.69, 9.17) is 4.74 Å². The average molecular weight is 389 g/mol. The van der Waals surface area contributed by atoms with Gasteiger partial charge in [0.2, 0.25) is 0 Å². The first kappa shape index (κ1) is 20.1. The van der Waals surface area contributed by atoms with E-state index in [1.165, 1.54) is 16.8 Å². The third-order valence-corrected chi connectivity index (χ3v) is 4.29. The second kappa shape index (κ2) is 9.50. The zero-order valence-corrected chi connectivity index (χ0v) is 16.5. The molecule has 0 spiro atoms. The van der Waals surface area contributed by atoms with Crippen LogP contribution in [0.3, 0.4) is 0 Å². The largest absolute Gasteiger partial charge is 0.493 e. The van der Waals surface area contributed by atoms with Crippen LogP contribution >= 0.6 is 0 Å². The number of aryl methyl sites for hydroxylation is 1. The number of nitrogens with one attached hydrogen (secondary N) is 1. The molecule has 0 unspecified atom stereocenters. The normalized spacial score (nSPS) is 10.8. The van der Waals surface area contributed by atoms with Gasteiger partial charge in [0.25, 0.3) is 11.5 Å². The van der Waals surface area contributed by atoms with Gasteiger partial charge in [0, 0.05) is 11.8 Å². The van der Waals surface area contributed by atoms with Gasteiger partial charge in [0.1, 0.15) is 11.3 Å². The van der Waals surface area contributed by atoms with Crippen LogP contribution in [-0.2, 0) is 6.54 Å². The van der Waals surface area contributed by atoms with Crippen molar-refractivity contribution in [2.24, 2.45) is 5.10 Å². The Morgan fingerprint density at radius 2 is 1.97 bits per heavy atom. The van der Waals surface area contributed by atoms with Gasteiger partial charge in [-0.1, -0.05) is 42.0 Å². The highest BCUT2D eigenvalue weighted by molar-refractivity contribution is 5.94. The van der Waals surface area contributed by atoms with Gasteiger partial charge in [0.05, 0.1) is 19.4 Å². The minimum Gasteiger partial charge on any atom is -0.493 e. The summed E-state index contributed by atoms with van der Waals surface area (Å²) < 4.78 is 7.03.